The number of ether oxygens (including phenoxy) is 2. The van der Waals surface area contributed by atoms with Crippen LogP contribution in [0.1, 0.15) is 130 Å². The van der Waals surface area contributed by atoms with Gasteiger partial charge in [0.15, 0.2) is 0 Å². The Kier molecular flexibility index (Phi) is 19.9. The highest BCUT2D eigenvalue weighted by Crippen LogP contribution is 2.13. The molecule has 166 valence electrons. The van der Waals surface area contributed by atoms with Gasteiger partial charge in [0.2, 0.25) is 0 Å². The fourth-order valence-electron chi connectivity index (χ4n) is 3.29. The maximum Gasteiger partial charge on any atom is 0.306 e. The van der Waals surface area contributed by atoms with Crippen LogP contribution in [0.3, 0.4) is 0 Å². The van der Waals surface area contributed by atoms with Gasteiger partial charge in [-0.1, -0.05) is 85.0 Å². The monoisotopic (exact) mass is 398 g/mol. The predicted octanol–water partition coefficient (Wildman–Crippen LogP) is 7.13. The molecule has 1 atom stereocenters. The van der Waals surface area contributed by atoms with Crippen molar-refractivity contribution < 1.29 is 19.1 Å². The second-order valence-electron chi connectivity index (χ2n) is 7.95. The molecule has 0 saturated heterocycles. The van der Waals surface area contributed by atoms with Gasteiger partial charge in [-0.25, -0.2) is 0 Å². The molecule has 0 aliphatic carbocycles. The van der Waals surface area contributed by atoms with Gasteiger partial charge in [-0.2, -0.15) is 0 Å². The van der Waals surface area contributed by atoms with Crippen molar-refractivity contribution in [3.63, 3.8) is 0 Å². The van der Waals surface area contributed by atoms with Crippen LogP contribution >= 0.6 is 0 Å². The molecule has 0 aromatic carbocycles. The summed E-state index contributed by atoms with van der Waals surface area (Å²) in [5, 5.41) is 0. The van der Waals surface area contributed by atoms with Gasteiger partial charge in [-0.3, -0.25) is 9.59 Å². The Hall–Kier alpha value is -1.06. The van der Waals surface area contributed by atoms with Crippen LogP contribution in [0.2, 0.25) is 0 Å². The zero-order chi connectivity index (χ0) is 20.9. The van der Waals surface area contributed by atoms with Gasteiger partial charge in [0, 0.05) is 12.8 Å². The second kappa shape index (κ2) is 20.7. The number of esters is 2. The number of rotatable bonds is 20. The topological polar surface area (TPSA) is 52.6 Å². The molecule has 0 aliphatic heterocycles. The fourth-order valence-corrected chi connectivity index (χ4v) is 3.29. The molecule has 0 aromatic rings. The third-order valence-electron chi connectivity index (χ3n) is 5.06. The van der Waals surface area contributed by atoms with E-state index in [1.807, 2.05) is 0 Å². The van der Waals surface area contributed by atoms with E-state index in [0.717, 1.165) is 64.2 Å². The number of hydrogen-bond donors (Lipinski definition) is 0. The van der Waals surface area contributed by atoms with Crippen molar-refractivity contribution in [3.05, 3.63) is 0 Å². The van der Waals surface area contributed by atoms with Crippen LogP contribution in [-0.2, 0) is 19.1 Å². The van der Waals surface area contributed by atoms with Crippen molar-refractivity contribution >= 4 is 11.9 Å². The van der Waals surface area contributed by atoms with E-state index < -0.39 is 0 Å². The zero-order valence-corrected chi connectivity index (χ0v) is 18.9. The van der Waals surface area contributed by atoms with Crippen LogP contribution in [-0.4, -0.2) is 24.6 Å². The van der Waals surface area contributed by atoms with Gasteiger partial charge in [-0.05, 0) is 32.1 Å². The maximum absolute atomic E-state index is 12.0. The van der Waals surface area contributed by atoms with Crippen LogP contribution in [0, 0.1) is 0 Å². The first-order valence-electron chi connectivity index (χ1n) is 12.0. The summed E-state index contributed by atoms with van der Waals surface area (Å²) in [7, 11) is 0. The fraction of sp³-hybridized carbons (Fsp3) is 0.917. The SMILES string of the molecule is CCCCCCCCCOC(=O)CCCCCC(=O)OC(CCC)CCCC. The van der Waals surface area contributed by atoms with E-state index in [4.69, 9.17) is 9.47 Å². The minimum Gasteiger partial charge on any atom is -0.466 e. The number of carbonyl (C=O) groups excluding carboxylic acids is 2. The Morgan fingerprint density at radius 1 is 0.607 bits per heavy atom. The Bertz CT molecular complexity index is 368. The summed E-state index contributed by atoms with van der Waals surface area (Å²) in [6.45, 7) is 7.06. The second-order valence-corrected chi connectivity index (χ2v) is 7.95. The predicted molar refractivity (Wildman–Crippen MR) is 116 cm³/mol. The molecule has 0 spiro atoms. The van der Waals surface area contributed by atoms with Crippen molar-refractivity contribution in [2.45, 2.75) is 136 Å². The summed E-state index contributed by atoms with van der Waals surface area (Å²) >= 11 is 0. The van der Waals surface area contributed by atoms with Crippen LogP contribution in [0.25, 0.3) is 0 Å². The van der Waals surface area contributed by atoms with E-state index in [2.05, 4.69) is 20.8 Å². The Morgan fingerprint density at radius 2 is 1.18 bits per heavy atom. The van der Waals surface area contributed by atoms with E-state index in [1.165, 1.54) is 32.1 Å². The average Bonchev–Trinajstić information content (AvgIpc) is 2.68. The molecule has 0 rings (SSSR count). The first-order valence-corrected chi connectivity index (χ1v) is 12.0. The summed E-state index contributed by atoms with van der Waals surface area (Å²) in [6, 6.07) is 0. The van der Waals surface area contributed by atoms with Gasteiger partial charge in [-0.15, -0.1) is 0 Å². The highest BCUT2D eigenvalue weighted by molar-refractivity contribution is 5.70. The van der Waals surface area contributed by atoms with E-state index in [9.17, 15) is 9.59 Å². The van der Waals surface area contributed by atoms with Gasteiger partial charge in [0.25, 0.3) is 0 Å². The molecule has 4 nitrogen and oxygen atoms in total. The third kappa shape index (κ3) is 18.3. The highest BCUT2D eigenvalue weighted by Gasteiger charge is 2.13. The van der Waals surface area contributed by atoms with Crippen molar-refractivity contribution in [2.24, 2.45) is 0 Å². The van der Waals surface area contributed by atoms with E-state index >= 15 is 0 Å². The van der Waals surface area contributed by atoms with Gasteiger partial charge >= 0.3 is 11.9 Å². The molecule has 0 aromatic heterocycles. The van der Waals surface area contributed by atoms with Crippen LogP contribution < -0.4 is 0 Å². The van der Waals surface area contributed by atoms with Crippen LogP contribution in [0.5, 0.6) is 0 Å². The lowest BCUT2D eigenvalue weighted by molar-refractivity contribution is -0.150. The lowest BCUT2D eigenvalue weighted by Gasteiger charge is -2.17. The van der Waals surface area contributed by atoms with E-state index in [0.29, 0.717) is 19.4 Å². The molecule has 0 radical (unpaired) electrons. The van der Waals surface area contributed by atoms with Crippen LogP contribution in [0.4, 0.5) is 0 Å². The quantitative estimate of drug-likeness (QED) is 0.162. The molecule has 0 fully saturated rings. The molecule has 4 heteroatoms. The Morgan fingerprint density at radius 3 is 1.82 bits per heavy atom. The molecule has 0 amide bonds. The van der Waals surface area contributed by atoms with E-state index in [-0.39, 0.29) is 18.0 Å². The van der Waals surface area contributed by atoms with Crippen molar-refractivity contribution in [1.82, 2.24) is 0 Å². The molecule has 0 aliphatic rings. The zero-order valence-electron chi connectivity index (χ0n) is 18.9. The van der Waals surface area contributed by atoms with Gasteiger partial charge in [0.05, 0.1) is 6.61 Å². The molecule has 0 saturated carbocycles. The normalized spacial score (nSPS) is 12.0. The first kappa shape index (κ1) is 26.9. The Labute approximate surface area is 174 Å². The van der Waals surface area contributed by atoms with E-state index in [1.54, 1.807) is 0 Å². The standard InChI is InChI=1S/C24H46O4/c1-4-7-9-10-11-12-16-21-27-23(25)19-14-13-15-20-24(26)28-22(17-6-3)18-8-5-2/h22H,4-21H2,1-3H3. The lowest BCUT2D eigenvalue weighted by atomic mass is 10.1. The molecule has 0 heterocycles. The molecule has 1 unspecified atom stereocenters. The largest absolute Gasteiger partial charge is 0.466 e. The molecule has 0 N–H and O–H groups in total. The van der Waals surface area contributed by atoms with Crippen molar-refractivity contribution in [3.8, 4) is 0 Å². The number of unbranched alkanes of at least 4 members (excludes halogenated alkanes) is 9. The average molecular weight is 399 g/mol. The van der Waals surface area contributed by atoms with Crippen molar-refractivity contribution in [2.75, 3.05) is 6.61 Å². The smallest absolute Gasteiger partial charge is 0.306 e. The number of hydrogen-bond acceptors (Lipinski definition) is 4. The summed E-state index contributed by atoms with van der Waals surface area (Å²) in [4.78, 5) is 23.7. The first-order chi connectivity index (χ1) is 13.6. The molecule has 28 heavy (non-hydrogen) atoms. The van der Waals surface area contributed by atoms with Crippen LogP contribution in [0.15, 0.2) is 0 Å². The summed E-state index contributed by atoms with van der Waals surface area (Å²) in [5.74, 6) is -0.188. The van der Waals surface area contributed by atoms with Gasteiger partial charge in [0.1, 0.15) is 6.10 Å². The third-order valence-corrected chi connectivity index (χ3v) is 5.06. The molecule has 0 bridgehead atoms. The van der Waals surface area contributed by atoms with Gasteiger partial charge < -0.3 is 9.47 Å². The lowest BCUT2D eigenvalue weighted by Crippen LogP contribution is -2.18. The number of carbonyl (C=O) groups is 2. The summed E-state index contributed by atoms with van der Waals surface area (Å²) in [6.07, 6.45) is 17.2. The molecular weight excluding hydrogens is 352 g/mol. The van der Waals surface area contributed by atoms with Crippen molar-refractivity contribution in [1.29, 1.82) is 0 Å². The molecular formula is C24H46O4. The summed E-state index contributed by atoms with van der Waals surface area (Å²) < 4.78 is 10.9. The highest BCUT2D eigenvalue weighted by atomic mass is 16.5. The minimum atomic E-state index is -0.101. The maximum atomic E-state index is 12.0. The summed E-state index contributed by atoms with van der Waals surface area (Å²) in [5.41, 5.74) is 0. The Balaban J connectivity index is 3.55. The minimum absolute atomic E-state index is 0.0825.